The maximum atomic E-state index is 4.65. The molecule has 0 aliphatic heterocycles. The molecule has 122 valence electrons. The molecule has 0 N–H and O–H groups in total. The van der Waals surface area contributed by atoms with E-state index in [-0.39, 0.29) is 0 Å². The summed E-state index contributed by atoms with van der Waals surface area (Å²) in [4.78, 5) is 6.76. The van der Waals surface area contributed by atoms with Gasteiger partial charge in [0.15, 0.2) is 0 Å². The Kier molecular flexibility index (Phi) is 4.39. The lowest BCUT2D eigenvalue weighted by Gasteiger charge is -2.12. The minimum absolute atomic E-state index is 1.10. The van der Waals surface area contributed by atoms with Crippen molar-refractivity contribution in [2.45, 2.75) is 20.8 Å². The van der Waals surface area contributed by atoms with E-state index in [4.69, 9.17) is 0 Å². The quantitative estimate of drug-likeness (QED) is 0.643. The summed E-state index contributed by atoms with van der Waals surface area (Å²) in [5.41, 5.74) is 8.48. The fourth-order valence-corrected chi connectivity index (χ4v) is 3.01. The number of aromatic nitrogens is 1. The van der Waals surface area contributed by atoms with Gasteiger partial charge < -0.3 is 4.90 Å². The van der Waals surface area contributed by atoms with Crippen molar-refractivity contribution in [3.8, 4) is 0 Å². The Morgan fingerprint density at radius 3 is 2.12 bits per heavy atom. The molecule has 2 heteroatoms. The topological polar surface area (TPSA) is 16.1 Å². The van der Waals surface area contributed by atoms with Crippen molar-refractivity contribution in [3.05, 3.63) is 70.4 Å². The first-order valence-electron chi connectivity index (χ1n) is 8.28. The van der Waals surface area contributed by atoms with Crippen LogP contribution in [0.4, 0.5) is 5.69 Å². The van der Waals surface area contributed by atoms with E-state index in [0.29, 0.717) is 0 Å². The van der Waals surface area contributed by atoms with Crippen LogP contribution < -0.4 is 4.90 Å². The van der Waals surface area contributed by atoms with E-state index in [1.54, 1.807) is 0 Å². The SMILES string of the molecule is Cc1cnc2c(C)ccc(C)c2c1/C=C\c1ccc(N(C)C)cc1. The maximum absolute atomic E-state index is 4.65. The van der Waals surface area contributed by atoms with Gasteiger partial charge in [-0.2, -0.15) is 0 Å². The van der Waals surface area contributed by atoms with Gasteiger partial charge in [0.1, 0.15) is 0 Å². The number of hydrogen-bond acceptors (Lipinski definition) is 2. The zero-order valence-corrected chi connectivity index (χ0v) is 15.1. The summed E-state index contributed by atoms with van der Waals surface area (Å²) in [5.74, 6) is 0. The predicted octanol–water partition coefficient (Wildman–Crippen LogP) is 5.40. The second-order valence-electron chi connectivity index (χ2n) is 6.60. The van der Waals surface area contributed by atoms with Crippen LogP contribution in [-0.2, 0) is 0 Å². The van der Waals surface area contributed by atoms with Gasteiger partial charge in [-0.15, -0.1) is 0 Å². The first-order chi connectivity index (χ1) is 11.5. The molecule has 1 heterocycles. The average molecular weight is 316 g/mol. The van der Waals surface area contributed by atoms with Crippen LogP contribution >= 0.6 is 0 Å². The van der Waals surface area contributed by atoms with Crippen LogP contribution in [0.25, 0.3) is 23.1 Å². The third-order valence-electron chi connectivity index (χ3n) is 4.52. The van der Waals surface area contributed by atoms with Crippen molar-refractivity contribution >= 4 is 28.7 Å². The Labute approximate surface area is 144 Å². The molecule has 0 aliphatic carbocycles. The van der Waals surface area contributed by atoms with Gasteiger partial charge in [-0.3, -0.25) is 4.98 Å². The Bertz CT molecular complexity index is 903. The van der Waals surface area contributed by atoms with Gasteiger partial charge >= 0.3 is 0 Å². The maximum Gasteiger partial charge on any atom is 0.0739 e. The monoisotopic (exact) mass is 316 g/mol. The normalized spacial score (nSPS) is 11.4. The lowest BCUT2D eigenvalue weighted by molar-refractivity contribution is 1.13. The first kappa shape index (κ1) is 16.3. The van der Waals surface area contributed by atoms with Gasteiger partial charge in [0.25, 0.3) is 0 Å². The summed E-state index contributed by atoms with van der Waals surface area (Å²) in [6, 6.07) is 12.9. The van der Waals surface area contributed by atoms with Crippen molar-refractivity contribution in [2.75, 3.05) is 19.0 Å². The van der Waals surface area contributed by atoms with Crippen LogP contribution in [0.3, 0.4) is 0 Å². The van der Waals surface area contributed by atoms with Crippen LogP contribution in [0, 0.1) is 20.8 Å². The molecule has 0 saturated heterocycles. The minimum Gasteiger partial charge on any atom is -0.378 e. The molecule has 0 atom stereocenters. The molecule has 0 bridgehead atoms. The van der Waals surface area contributed by atoms with E-state index in [1.165, 1.54) is 38.9 Å². The minimum atomic E-state index is 1.10. The number of hydrogen-bond donors (Lipinski definition) is 0. The summed E-state index contributed by atoms with van der Waals surface area (Å²) < 4.78 is 0. The van der Waals surface area contributed by atoms with E-state index in [9.17, 15) is 0 Å². The average Bonchev–Trinajstić information content (AvgIpc) is 2.57. The standard InChI is InChI=1S/C22H24N2/c1-15-6-7-16(2)22-21(15)20(17(3)14-23-22)13-10-18-8-11-19(12-9-18)24(4)5/h6-14H,1-5H3/b13-10-. The summed E-state index contributed by atoms with van der Waals surface area (Å²) in [6.45, 7) is 6.41. The largest absolute Gasteiger partial charge is 0.378 e. The van der Waals surface area contributed by atoms with Crippen LogP contribution in [-0.4, -0.2) is 19.1 Å². The van der Waals surface area contributed by atoms with E-state index < -0.39 is 0 Å². The summed E-state index contributed by atoms with van der Waals surface area (Å²) in [6.07, 6.45) is 6.38. The molecule has 0 aliphatic rings. The highest BCUT2D eigenvalue weighted by Crippen LogP contribution is 2.28. The Morgan fingerprint density at radius 2 is 1.46 bits per heavy atom. The highest BCUT2D eigenvalue weighted by atomic mass is 15.1. The Hall–Kier alpha value is -2.61. The van der Waals surface area contributed by atoms with E-state index in [0.717, 1.165) is 5.52 Å². The second kappa shape index (κ2) is 6.48. The van der Waals surface area contributed by atoms with Crippen molar-refractivity contribution in [2.24, 2.45) is 0 Å². The molecule has 0 unspecified atom stereocenters. The lowest BCUT2D eigenvalue weighted by atomic mass is 9.97. The van der Waals surface area contributed by atoms with E-state index in [2.05, 4.69) is 93.3 Å². The smallest absolute Gasteiger partial charge is 0.0739 e. The van der Waals surface area contributed by atoms with Crippen molar-refractivity contribution in [1.82, 2.24) is 4.98 Å². The molecule has 0 radical (unpaired) electrons. The molecule has 0 spiro atoms. The lowest BCUT2D eigenvalue weighted by Crippen LogP contribution is -2.07. The number of pyridine rings is 1. The molecule has 0 saturated carbocycles. The van der Waals surface area contributed by atoms with Gasteiger partial charge in [-0.25, -0.2) is 0 Å². The number of benzene rings is 2. The molecular formula is C22H24N2. The second-order valence-corrected chi connectivity index (χ2v) is 6.60. The first-order valence-corrected chi connectivity index (χ1v) is 8.28. The van der Waals surface area contributed by atoms with Gasteiger partial charge in [0.05, 0.1) is 5.52 Å². The van der Waals surface area contributed by atoms with Crippen LogP contribution in [0.5, 0.6) is 0 Å². The highest BCUT2D eigenvalue weighted by Gasteiger charge is 2.08. The number of aryl methyl sites for hydroxylation is 3. The number of anilines is 1. The van der Waals surface area contributed by atoms with Gasteiger partial charge in [0.2, 0.25) is 0 Å². The molecule has 2 nitrogen and oxygen atoms in total. The Balaban J connectivity index is 2.06. The van der Waals surface area contributed by atoms with Crippen molar-refractivity contribution in [1.29, 1.82) is 0 Å². The zero-order chi connectivity index (χ0) is 17.3. The van der Waals surface area contributed by atoms with E-state index >= 15 is 0 Å². The molecule has 2 aromatic carbocycles. The number of nitrogens with zero attached hydrogens (tertiary/aromatic N) is 2. The van der Waals surface area contributed by atoms with Gasteiger partial charge in [-0.1, -0.05) is 36.4 Å². The predicted molar refractivity (Wildman–Crippen MR) is 106 cm³/mol. The zero-order valence-electron chi connectivity index (χ0n) is 15.1. The molecule has 3 aromatic rings. The number of rotatable bonds is 3. The fraction of sp³-hybridized carbons (Fsp3) is 0.227. The van der Waals surface area contributed by atoms with Crippen LogP contribution in [0.2, 0.25) is 0 Å². The molecule has 0 amide bonds. The van der Waals surface area contributed by atoms with Gasteiger partial charge in [0, 0.05) is 31.4 Å². The molecule has 3 rings (SSSR count). The molecule has 1 aromatic heterocycles. The number of fused-ring (bicyclic) bond motifs is 1. The van der Waals surface area contributed by atoms with E-state index in [1.807, 2.05) is 6.20 Å². The summed E-state index contributed by atoms with van der Waals surface area (Å²) in [7, 11) is 4.12. The van der Waals surface area contributed by atoms with Crippen LogP contribution in [0.15, 0.2) is 42.6 Å². The molecular weight excluding hydrogens is 292 g/mol. The van der Waals surface area contributed by atoms with Crippen molar-refractivity contribution < 1.29 is 0 Å². The summed E-state index contributed by atoms with van der Waals surface area (Å²) in [5, 5.41) is 1.26. The third-order valence-corrected chi connectivity index (χ3v) is 4.52. The Morgan fingerprint density at radius 1 is 0.792 bits per heavy atom. The van der Waals surface area contributed by atoms with Gasteiger partial charge in [-0.05, 0) is 60.7 Å². The highest BCUT2D eigenvalue weighted by molar-refractivity contribution is 5.95. The van der Waals surface area contributed by atoms with Crippen LogP contribution in [0.1, 0.15) is 27.8 Å². The molecule has 0 fully saturated rings. The fourth-order valence-electron chi connectivity index (χ4n) is 3.01. The molecule has 24 heavy (non-hydrogen) atoms. The summed E-state index contributed by atoms with van der Waals surface area (Å²) >= 11 is 0. The third kappa shape index (κ3) is 3.05. The van der Waals surface area contributed by atoms with Crippen molar-refractivity contribution in [3.63, 3.8) is 0 Å².